The van der Waals surface area contributed by atoms with E-state index in [1.807, 2.05) is 0 Å². The van der Waals surface area contributed by atoms with Crippen LogP contribution in [0.25, 0.3) is 4.96 Å². The van der Waals surface area contributed by atoms with Crippen molar-refractivity contribution in [2.45, 2.75) is 52.6 Å². The molecule has 1 N–H and O–H groups in total. The number of rotatable bonds is 2. The molecule has 0 amide bonds. The zero-order valence-electron chi connectivity index (χ0n) is 15.1. The third-order valence-corrected chi connectivity index (χ3v) is 5.55. The predicted octanol–water partition coefficient (Wildman–Crippen LogP) is 2.64. The van der Waals surface area contributed by atoms with E-state index in [0.717, 1.165) is 47.2 Å². The minimum Gasteiger partial charge on any atom is -0.310 e. The predicted molar refractivity (Wildman–Crippen MR) is 99.2 cm³/mol. The fraction of sp³-hybridized carbons (Fsp3) is 0.500. The molecule has 0 unspecified atom stereocenters. The van der Waals surface area contributed by atoms with Gasteiger partial charge in [-0.25, -0.2) is 9.97 Å². The summed E-state index contributed by atoms with van der Waals surface area (Å²) in [6.07, 6.45) is 2.88. The van der Waals surface area contributed by atoms with Gasteiger partial charge in [-0.2, -0.15) is 0 Å². The maximum atomic E-state index is 12.6. The number of H-pyrrole nitrogens is 1. The molecule has 1 aliphatic heterocycles. The number of thiazole rings is 1. The Labute approximate surface area is 150 Å². The highest BCUT2D eigenvalue weighted by Crippen LogP contribution is 2.23. The number of imidazole rings is 1. The Bertz CT molecular complexity index is 991. The van der Waals surface area contributed by atoms with Crippen molar-refractivity contribution in [2.75, 3.05) is 6.54 Å². The quantitative estimate of drug-likeness (QED) is 0.766. The van der Waals surface area contributed by atoms with Gasteiger partial charge in [0.1, 0.15) is 5.82 Å². The van der Waals surface area contributed by atoms with Crippen LogP contribution in [0.3, 0.4) is 0 Å². The first kappa shape index (κ1) is 16.5. The van der Waals surface area contributed by atoms with Gasteiger partial charge in [-0.3, -0.25) is 14.1 Å². The maximum absolute atomic E-state index is 12.6. The van der Waals surface area contributed by atoms with E-state index in [4.69, 9.17) is 4.98 Å². The first-order chi connectivity index (χ1) is 11.8. The van der Waals surface area contributed by atoms with Crippen LogP contribution in [0.5, 0.6) is 0 Å². The smallest absolute Gasteiger partial charge is 0.255 e. The van der Waals surface area contributed by atoms with Crippen molar-refractivity contribution < 1.29 is 0 Å². The summed E-state index contributed by atoms with van der Waals surface area (Å²) in [6, 6.07) is 0. The lowest BCUT2D eigenvalue weighted by Crippen LogP contribution is -2.37. The van der Waals surface area contributed by atoms with Gasteiger partial charge in [-0.1, -0.05) is 20.8 Å². The van der Waals surface area contributed by atoms with Crippen molar-refractivity contribution in [3.63, 3.8) is 0 Å². The van der Waals surface area contributed by atoms with Gasteiger partial charge in [-0.15, -0.1) is 11.3 Å². The standard InChI is InChI=1S/C18H23N5OS/c1-11-14(23-7-8-25-17(23)19-11)10-22-6-5-13-12(9-22)15(24)21-16(20-13)18(2,3)4/h7-8H,5-6,9-10H2,1-4H3,(H,20,21,24). The van der Waals surface area contributed by atoms with Crippen LogP contribution in [-0.2, 0) is 24.9 Å². The molecule has 0 radical (unpaired) electrons. The fourth-order valence-corrected chi connectivity index (χ4v) is 4.09. The SMILES string of the molecule is Cc1nc2sccn2c1CN1CCc2nc(C(C)(C)C)[nH]c(=O)c2C1. The lowest BCUT2D eigenvalue weighted by atomic mass is 9.95. The van der Waals surface area contributed by atoms with Crippen LogP contribution in [-0.4, -0.2) is 30.8 Å². The molecule has 7 heteroatoms. The molecule has 3 aromatic heterocycles. The van der Waals surface area contributed by atoms with Crippen LogP contribution in [0.15, 0.2) is 16.4 Å². The second kappa shape index (κ2) is 5.78. The monoisotopic (exact) mass is 357 g/mol. The number of hydrogen-bond acceptors (Lipinski definition) is 5. The fourth-order valence-electron chi connectivity index (χ4n) is 3.31. The van der Waals surface area contributed by atoms with E-state index in [-0.39, 0.29) is 11.0 Å². The third-order valence-electron chi connectivity index (χ3n) is 4.79. The highest BCUT2D eigenvalue weighted by atomic mass is 32.1. The number of hydrogen-bond donors (Lipinski definition) is 1. The highest BCUT2D eigenvalue weighted by Gasteiger charge is 2.25. The molecule has 0 saturated carbocycles. The van der Waals surface area contributed by atoms with Gasteiger partial charge in [0.25, 0.3) is 5.56 Å². The van der Waals surface area contributed by atoms with E-state index in [0.29, 0.717) is 6.54 Å². The molecule has 0 spiro atoms. The topological polar surface area (TPSA) is 66.3 Å². The van der Waals surface area contributed by atoms with Gasteiger partial charge in [0.15, 0.2) is 4.96 Å². The van der Waals surface area contributed by atoms with E-state index in [1.54, 1.807) is 11.3 Å². The van der Waals surface area contributed by atoms with E-state index < -0.39 is 0 Å². The van der Waals surface area contributed by atoms with Crippen molar-refractivity contribution in [3.8, 4) is 0 Å². The molecule has 0 aromatic carbocycles. The number of aryl methyl sites for hydroxylation is 1. The Hall–Kier alpha value is -1.99. The molecule has 3 aromatic rings. The summed E-state index contributed by atoms with van der Waals surface area (Å²) in [5.41, 5.74) is 3.89. The normalized spacial score (nSPS) is 15.7. The second-order valence-corrected chi connectivity index (χ2v) is 8.62. The number of fused-ring (bicyclic) bond motifs is 2. The summed E-state index contributed by atoms with van der Waals surface area (Å²) < 4.78 is 2.15. The molecular formula is C18H23N5OS. The summed E-state index contributed by atoms with van der Waals surface area (Å²) in [4.78, 5) is 28.3. The molecule has 4 rings (SSSR count). The highest BCUT2D eigenvalue weighted by molar-refractivity contribution is 7.15. The lowest BCUT2D eigenvalue weighted by molar-refractivity contribution is 0.237. The summed E-state index contributed by atoms with van der Waals surface area (Å²) in [7, 11) is 0. The zero-order valence-corrected chi connectivity index (χ0v) is 15.9. The second-order valence-electron chi connectivity index (χ2n) is 7.75. The van der Waals surface area contributed by atoms with E-state index in [9.17, 15) is 4.79 Å². The molecule has 0 saturated heterocycles. The molecule has 132 valence electrons. The molecule has 4 heterocycles. The molecule has 0 atom stereocenters. The molecule has 0 aliphatic carbocycles. The van der Waals surface area contributed by atoms with E-state index in [2.05, 4.69) is 58.5 Å². The zero-order chi connectivity index (χ0) is 17.8. The third kappa shape index (κ3) is 2.91. The Morgan fingerprint density at radius 3 is 2.88 bits per heavy atom. The first-order valence-corrected chi connectivity index (χ1v) is 9.47. The molecule has 6 nitrogen and oxygen atoms in total. The maximum Gasteiger partial charge on any atom is 0.255 e. The Kier molecular flexibility index (Phi) is 3.81. The van der Waals surface area contributed by atoms with Crippen LogP contribution >= 0.6 is 11.3 Å². The number of aromatic nitrogens is 4. The average molecular weight is 357 g/mol. The first-order valence-electron chi connectivity index (χ1n) is 8.59. The van der Waals surface area contributed by atoms with Gasteiger partial charge >= 0.3 is 0 Å². The van der Waals surface area contributed by atoms with Crippen LogP contribution in [0.4, 0.5) is 0 Å². The van der Waals surface area contributed by atoms with Gasteiger partial charge in [0.2, 0.25) is 0 Å². The van der Waals surface area contributed by atoms with Gasteiger partial charge in [0, 0.05) is 43.0 Å². The summed E-state index contributed by atoms with van der Waals surface area (Å²) in [5, 5.41) is 2.05. The Morgan fingerprint density at radius 1 is 1.32 bits per heavy atom. The minimum atomic E-state index is -0.148. The van der Waals surface area contributed by atoms with E-state index in [1.165, 1.54) is 5.69 Å². The van der Waals surface area contributed by atoms with Gasteiger partial charge in [0.05, 0.1) is 22.6 Å². The van der Waals surface area contributed by atoms with Crippen molar-refractivity contribution in [2.24, 2.45) is 0 Å². The summed E-state index contributed by atoms with van der Waals surface area (Å²) in [5.74, 6) is 0.774. The van der Waals surface area contributed by atoms with Crippen molar-refractivity contribution in [1.82, 2.24) is 24.3 Å². The molecule has 0 fully saturated rings. The number of nitrogens with zero attached hydrogens (tertiary/aromatic N) is 4. The summed E-state index contributed by atoms with van der Waals surface area (Å²) >= 11 is 1.65. The van der Waals surface area contributed by atoms with Crippen molar-refractivity contribution in [1.29, 1.82) is 0 Å². The van der Waals surface area contributed by atoms with Crippen molar-refractivity contribution in [3.05, 3.63) is 50.4 Å². The van der Waals surface area contributed by atoms with Gasteiger partial charge < -0.3 is 4.98 Å². The van der Waals surface area contributed by atoms with Crippen LogP contribution in [0.1, 0.15) is 49.2 Å². The average Bonchev–Trinajstić information content (AvgIpc) is 3.09. The van der Waals surface area contributed by atoms with Crippen molar-refractivity contribution >= 4 is 16.3 Å². The molecule has 0 bridgehead atoms. The number of nitrogens with one attached hydrogen (secondary N) is 1. The largest absolute Gasteiger partial charge is 0.310 e. The Balaban J connectivity index is 1.62. The molecular weight excluding hydrogens is 334 g/mol. The van der Waals surface area contributed by atoms with Gasteiger partial charge in [-0.05, 0) is 6.92 Å². The molecule has 25 heavy (non-hydrogen) atoms. The van der Waals surface area contributed by atoms with Crippen LogP contribution < -0.4 is 5.56 Å². The van der Waals surface area contributed by atoms with E-state index >= 15 is 0 Å². The van der Waals surface area contributed by atoms with Crippen LogP contribution in [0, 0.1) is 6.92 Å². The summed E-state index contributed by atoms with van der Waals surface area (Å²) in [6.45, 7) is 10.6. The van der Waals surface area contributed by atoms with Crippen LogP contribution in [0.2, 0.25) is 0 Å². The Morgan fingerprint density at radius 2 is 2.12 bits per heavy atom. The minimum absolute atomic E-state index is 0.00492. The molecule has 1 aliphatic rings. The number of aromatic amines is 1. The lowest BCUT2D eigenvalue weighted by Gasteiger charge is -2.28.